The van der Waals surface area contributed by atoms with E-state index in [-0.39, 0.29) is 29.6 Å². The molecule has 0 amide bonds. The summed E-state index contributed by atoms with van der Waals surface area (Å²) in [4.78, 5) is 13.3. The molecule has 2 aromatic carbocycles. The van der Waals surface area contributed by atoms with Crippen molar-refractivity contribution in [1.82, 2.24) is 0 Å². The lowest BCUT2D eigenvalue weighted by Crippen LogP contribution is -2.42. The Bertz CT molecular complexity index is 1100. The van der Waals surface area contributed by atoms with E-state index in [0.29, 0.717) is 19.0 Å². The smallest absolute Gasteiger partial charge is 0.316 e. The van der Waals surface area contributed by atoms with Crippen LogP contribution in [0.4, 0.5) is 0 Å². The van der Waals surface area contributed by atoms with E-state index in [4.69, 9.17) is 13.9 Å². The van der Waals surface area contributed by atoms with Crippen LogP contribution in [0.5, 0.6) is 5.75 Å². The summed E-state index contributed by atoms with van der Waals surface area (Å²) in [6.45, 7) is 1.15. The molecule has 0 spiro atoms. The number of rotatable bonds is 2. The molecule has 1 aliphatic carbocycles. The van der Waals surface area contributed by atoms with Crippen LogP contribution in [0.2, 0.25) is 0 Å². The molecule has 4 heteroatoms. The summed E-state index contributed by atoms with van der Waals surface area (Å²) in [7, 11) is 0. The van der Waals surface area contributed by atoms with Gasteiger partial charge in [-0.05, 0) is 34.9 Å². The molecule has 3 aliphatic rings. The third-order valence-electron chi connectivity index (χ3n) is 6.55. The Labute approximate surface area is 168 Å². The second kappa shape index (κ2) is 6.46. The average molecular weight is 384 g/mol. The fourth-order valence-corrected chi connectivity index (χ4v) is 5.45. The summed E-state index contributed by atoms with van der Waals surface area (Å²) in [5.41, 5.74) is 4.76. The minimum absolute atomic E-state index is 0.0268. The number of ether oxygens (including phenoxy) is 2. The topological polar surface area (TPSA) is 48.7 Å². The minimum atomic E-state index is -0.346. The van der Waals surface area contributed by atoms with Gasteiger partial charge in [0.15, 0.2) is 0 Å². The zero-order chi connectivity index (χ0) is 19.4. The second-order valence-electron chi connectivity index (χ2n) is 7.94. The highest BCUT2D eigenvalue weighted by Gasteiger charge is 2.54. The van der Waals surface area contributed by atoms with Crippen molar-refractivity contribution in [2.75, 3.05) is 13.2 Å². The summed E-state index contributed by atoms with van der Waals surface area (Å²) in [5, 5.41) is 0. The van der Waals surface area contributed by atoms with Gasteiger partial charge in [-0.1, -0.05) is 48.5 Å². The minimum Gasteiger partial charge on any atom is -0.469 e. The number of hydrogen-bond acceptors (Lipinski definition) is 4. The van der Waals surface area contributed by atoms with Crippen LogP contribution in [-0.2, 0) is 9.53 Å². The molecule has 0 bridgehead atoms. The van der Waals surface area contributed by atoms with Gasteiger partial charge >= 0.3 is 5.97 Å². The maximum Gasteiger partial charge on any atom is 0.316 e. The molecular weight excluding hydrogens is 364 g/mol. The predicted octanol–water partition coefficient (Wildman–Crippen LogP) is 4.81. The summed E-state index contributed by atoms with van der Waals surface area (Å²) in [5.74, 6) is 0.798. The molecule has 3 aromatic rings. The second-order valence-corrected chi connectivity index (χ2v) is 7.94. The van der Waals surface area contributed by atoms with Crippen molar-refractivity contribution in [3.8, 4) is 5.75 Å². The van der Waals surface area contributed by atoms with Gasteiger partial charge in [0, 0.05) is 23.3 Å². The molecule has 1 aromatic heterocycles. The Morgan fingerprint density at radius 3 is 2.31 bits per heavy atom. The standard InChI is InChI=1S/C25H20O4/c26-25-24-22(16-9-4-5-10-19(16)29-25)18-14-27-13-17(18)21(15-7-2-1-3-8-15)23(24)20-11-6-12-28-20/h1-12,21-24H,13-14H2/t21-,22+,23+,24+/m1/s1. The van der Waals surface area contributed by atoms with Gasteiger partial charge in [-0.3, -0.25) is 4.79 Å². The predicted molar refractivity (Wildman–Crippen MR) is 107 cm³/mol. The van der Waals surface area contributed by atoms with E-state index in [1.807, 2.05) is 48.5 Å². The Morgan fingerprint density at radius 1 is 0.759 bits per heavy atom. The van der Waals surface area contributed by atoms with E-state index < -0.39 is 0 Å². The molecular formula is C25H20O4. The first-order chi connectivity index (χ1) is 14.3. The number of benzene rings is 2. The van der Waals surface area contributed by atoms with Crippen LogP contribution in [0.1, 0.15) is 34.6 Å². The first kappa shape index (κ1) is 16.8. The molecule has 0 saturated carbocycles. The Morgan fingerprint density at radius 2 is 1.52 bits per heavy atom. The normalized spacial score (nSPS) is 27.8. The lowest BCUT2D eigenvalue weighted by atomic mass is 9.59. The van der Waals surface area contributed by atoms with Crippen molar-refractivity contribution >= 4 is 5.97 Å². The van der Waals surface area contributed by atoms with Crippen molar-refractivity contribution in [2.45, 2.75) is 17.8 Å². The monoisotopic (exact) mass is 384 g/mol. The van der Waals surface area contributed by atoms with Crippen molar-refractivity contribution < 1.29 is 18.7 Å². The summed E-state index contributed by atoms with van der Waals surface area (Å²) in [6, 6.07) is 22.1. The first-order valence-electron chi connectivity index (χ1n) is 10.0. The van der Waals surface area contributed by atoms with E-state index >= 15 is 0 Å². The van der Waals surface area contributed by atoms with E-state index in [2.05, 4.69) is 18.2 Å². The van der Waals surface area contributed by atoms with Crippen molar-refractivity contribution in [3.05, 3.63) is 101 Å². The number of fused-ring (bicyclic) bond motifs is 4. The van der Waals surface area contributed by atoms with Crippen LogP contribution in [0.25, 0.3) is 0 Å². The number of para-hydroxylation sites is 1. The molecule has 2 aliphatic heterocycles. The molecule has 29 heavy (non-hydrogen) atoms. The fourth-order valence-electron chi connectivity index (χ4n) is 5.45. The van der Waals surface area contributed by atoms with Crippen LogP contribution in [0.15, 0.2) is 88.6 Å². The molecule has 0 fully saturated rings. The van der Waals surface area contributed by atoms with E-state index in [1.165, 1.54) is 16.7 Å². The van der Waals surface area contributed by atoms with Crippen molar-refractivity contribution in [1.29, 1.82) is 0 Å². The summed E-state index contributed by atoms with van der Waals surface area (Å²) < 4.78 is 17.7. The third-order valence-corrected chi connectivity index (χ3v) is 6.55. The number of esters is 1. The molecule has 0 saturated heterocycles. The van der Waals surface area contributed by atoms with Gasteiger partial charge in [0.25, 0.3) is 0 Å². The molecule has 0 radical (unpaired) electrons. The SMILES string of the molecule is O=C1Oc2ccccc2[C@H]2C3=C(COC3)[C@@H](c3ccccc3)[C@H](c3ccco3)[C@@H]12. The molecule has 3 heterocycles. The van der Waals surface area contributed by atoms with Gasteiger partial charge in [0.05, 0.1) is 25.4 Å². The maximum atomic E-state index is 13.3. The van der Waals surface area contributed by atoms with Crippen molar-refractivity contribution in [2.24, 2.45) is 5.92 Å². The molecule has 144 valence electrons. The Balaban J connectivity index is 1.63. The molecule has 4 atom stereocenters. The largest absolute Gasteiger partial charge is 0.469 e. The quantitative estimate of drug-likeness (QED) is 0.362. The van der Waals surface area contributed by atoms with Gasteiger partial charge in [-0.2, -0.15) is 0 Å². The maximum absolute atomic E-state index is 13.3. The van der Waals surface area contributed by atoms with Crippen LogP contribution in [-0.4, -0.2) is 19.2 Å². The molecule has 0 unspecified atom stereocenters. The van der Waals surface area contributed by atoms with E-state index in [1.54, 1.807) is 6.26 Å². The molecule has 4 nitrogen and oxygen atoms in total. The lowest BCUT2D eigenvalue weighted by Gasteiger charge is -2.44. The average Bonchev–Trinajstić information content (AvgIpc) is 3.45. The molecule has 0 N–H and O–H groups in total. The number of carbonyl (C=O) groups is 1. The van der Waals surface area contributed by atoms with Gasteiger partial charge in [-0.25, -0.2) is 0 Å². The summed E-state index contributed by atoms with van der Waals surface area (Å²) in [6.07, 6.45) is 1.68. The summed E-state index contributed by atoms with van der Waals surface area (Å²) >= 11 is 0. The highest BCUT2D eigenvalue weighted by Crippen LogP contribution is 2.59. The van der Waals surface area contributed by atoms with Gasteiger partial charge < -0.3 is 13.9 Å². The zero-order valence-electron chi connectivity index (χ0n) is 15.8. The van der Waals surface area contributed by atoms with E-state index in [9.17, 15) is 4.79 Å². The van der Waals surface area contributed by atoms with Crippen LogP contribution >= 0.6 is 0 Å². The van der Waals surface area contributed by atoms with Crippen LogP contribution in [0.3, 0.4) is 0 Å². The third kappa shape index (κ3) is 2.45. The Hall–Kier alpha value is -3.11. The Kier molecular flexibility index (Phi) is 3.74. The van der Waals surface area contributed by atoms with E-state index in [0.717, 1.165) is 11.3 Å². The fraction of sp³-hybridized carbons (Fsp3) is 0.240. The highest BCUT2D eigenvalue weighted by molar-refractivity contribution is 5.82. The van der Waals surface area contributed by atoms with Gasteiger partial charge in [-0.15, -0.1) is 0 Å². The number of carbonyl (C=O) groups excluding carboxylic acids is 1. The number of hydrogen-bond donors (Lipinski definition) is 0. The van der Waals surface area contributed by atoms with Gasteiger partial charge in [0.2, 0.25) is 0 Å². The van der Waals surface area contributed by atoms with Gasteiger partial charge in [0.1, 0.15) is 11.5 Å². The van der Waals surface area contributed by atoms with Crippen LogP contribution < -0.4 is 4.74 Å². The first-order valence-corrected chi connectivity index (χ1v) is 10.0. The highest BCUT2D eigenvalue weighted by atomic mass is 16.5. The number of furan rings is 1. The van der Waals surface area contributed by atoms with Crippen molar-refractivity contribution in [3.63, 3.8) is 0 Å². The molecule has 6 rings (SSSR count). The lowest BCUT2D eigenvalue weighted by molar-refractivity contribution is -0.142. The zero-order valence-corrected chi connectivity index (χ0v) is 15.8. The van der Waals surface area contributed by atoms with Crippen LogP contribution in [0, 0.1) is 5.92 Å².